The molecule has 0 spiro atoms. The normalized spacial score (nSPS) is 16.1. The van der Waals surface area contributed by atoms with Gasteiger partial charge in [-0.05, 0) is 50.2 Å². The molecule has 3 rings (SSSR count). The highest BCUT2D eigenvalue weighted by molar-refractivity contribution is 14.0. The first-order valence-corrected chi connectivity index (χ1v) is 9.61. The van der Waals surface area contributed by atoms with E-state index in [1.165, 1.54) is 19.3 Å². The molecular formula is C20H30IN5O2. The highest BCUT2D eigenvalue weighted by Crippen LogP contribution is 2.24. The van der Waals surface area contributed by atoms with Crippen LogP contribution in [0, 0.1) is 0 Å². The predicted molar refractivity (Wildman–Crippen MR) is 121 cm³/mol. The lowest BCUT2D eigenvalue weighted by molar-refractivity contribution is 0.146. The van der Waals surface area contributed by atoms with Crippen LogP contribution in [0.3, 0.4) is 0 Å². The molecule has 2 aromatic rings. The summed E-state index contributed by atoms with van der Waals surface area (Å²) >= 11 is 0. The van der Waals surface area contributed by atoms with E-state index >= 15 is 0 Å². The van der Waals surface area contributed by atoms with Gasteiger partial charge in [0, 0.05) is 19.8 Å². The van der Waals surface area contributed by atoms with Crippen molar-refractivity contribution in [1.29, 1.82) is 0 Å². The van der Waals surface area contributed by atoms with E-state index in [9.17, 15) is 0 Å². The van der Waals surface area contributed by atoms with Crippen LogP contribution < -0.4 is 15.4 Å². The highest BCUT2D eigenvalue weighted by atomic mass is 127. The first-order valence-electron chi connectivity index (χ1n) is 9.61. The van der Waals surface area contributed by atoms with E-state index in [1.54, 1.807) is 25.7 Å². The second kappa shape index (κ2) is 12.6. The number of nitrogens with zero attached hydrogens (tertiary/aromatic N) is 3. The van der Waals surface area contributed by atoms with Gasteiger partial charge >= 0.3 is 0 Å². The zero-order valence-electron chi connectivity index (χ0n) is 16.3. The minimum Gasteiger partial charge on any atom is -0.490 e. The summed E-state index contributed by atoms with van der Waals surface area (Å²) in [6, 6.07) is 7.98. The number of nitrogens with one attached hydrogen (secondary N) is 2. The smallest absolute Gasteiger partial charge is 0.191 e. The number of guanidine groups is 1. The molecule has 1 aliphatic rings. The lowest BCUT2D eigenvalue weighted by Crippen LogP contribution is -2.45. The van der Waals surface area contributed by atoms with Crippen LogP contribution in [0.15, 0.2) is 52.3 Å². The Labute approximate surface area is 184 Å². The van der Waals surface area contributed by atoms with Crippen LogP contribution in [0.25, 0.3) is 0 Å². The molecular weight excluding hydrogens is 469 g/mol. The first kappa shape index (κ1) is 22.5. The summed E-state index contributed by atoms with van der Waals surface area (Å²) in [5.74, 6) is 2.53. The van der Waals surface area contributed by atoms with Gasteiger partial charge in [0.15, 0.2) is 5.96 Å². The molecule has 1 unspecified atom stereocenters. The molecule has 7 nitrogen and oxygen atoms in total. The average Bonchev–Trinajstić information content (AvgIpc) is 3.26. The van der Waals surface area contributed by atoms with E-state index in [1.807, 2.05) is 18.2 Å². The van der Waals surface area contributed by atoms with E-state index < -0.39 is 0 Å². The fraction of sp³-hybridized carbons (Fsp3) is 0.500. The molecule has 154 valence electrons. The third-order valence-electron chi connectivity index (χ3n) is 4.69. The van der Waals surface area contributed by atoms with Crippen LogP contribution >= 0.6 is 24.0 Å². The summed E-state index contributed by atoms with van der Waals surface area (Å²) in [5, 5.41) is 6.71. The van der Waals surface area contributed by atoms with Crippen LogP contribution in [0.1, 0.15) is 31.1 Å². The van der Waals surface area contributed by atoms with Crippen molar-refractivity contribution in [1.82, 2.24) is 20.5 Å². The van der Waals surface area contributed by atoms with Crippen LogP contribution in [0.5, 0.6) is 5.75 Å². The Morgan fingerprint density at radius 1 is 1.25 bits per heavy atom. The van der Waals surface area contributed by atoms with Crippen LogP contribution in [-0.4, -0.2) is 55.7 Å². The maximum atomic E-state index is 5.69. The molecule has 0 aromatic carbocycles. The van der Waals surface area contributed by atoms with E-state index in [-0.39, 0.29) is 30.0 Å². The van der Waals surface area contributed by atoms with Crippen LogP contribution in [-0.2, 0) is 0 Å². The number of aromatic nitrogens is 1. The number of rotatable bonds is 8. The molecule has 28 heavy (non-hydrogen) atoms. The molecule has 0 aliphatic carbocycles. The van der Waals surface area contributed by atoms with Crippen molar-refractivity contribution in [3.8, 4) is 5.75 Å². The molecule has 2 aromatic heterocycles. The van der Waals surface area contributed by atoms with Gasteiger partial charge in [-0.25, -0.2) is 0 Å². The van der Waals surface area contributed by atoms with Gasteiger partial charge in [-0.3, -0.25) is 14.9 Å². The number of halogens is 1. The number of pyridine rings is 1. The minimum atomic E-state index is 0. The lowest BCUT2D eigenvalue weighted by Gasteiger charge is -2.33. The number of piperidine rings is 1. The molecule has 8 heteroatoms. The van der Waals surface area contributed by atoms with Crippen LogP contribution in [0.2, 0.25) is 0 Å². The molecule has 0 saturated carbocycles. The summed E-state index contributed by atoms with van der Waals surface area (Å²) in [6.45, 7) is 4.16. The average molecular weight is 499 g/mol. The number of likely N-dealkylation sites (tertiary alicyclic amines) is 1. The second-order valence-electron chi connectivity index (χ2n) is 6.54. The zero-order valence-corrected chi connectivity index (χ0v) is 18.7. The van der Waals surface area contributed by atoms with Crippen molar-refractivity contribution in [2.24, 2.45) is 4.99 Å². The summed E-state index contributed by atoms with van der Waals surface area (Å²) in [4.78, 5) is 10.8. The Kier molecular flexibility index (Phi) is 10.1. The fourth-order valence-electron chi connectivity index (χ4n) is 3.31. The highest BCUT2D eigenvalue weighted by Gasteiger charge is 2.24. The molecule has 0 radical (unpaired) electrons. The number of hydrogen-bond donors (Lipinski definition) is 2. The van der Waals surface area contributed by atoms with Crippen molar-refractivity contribution < 1.29 is 9.15 Å². The maximum absolute atomic E-state index is 5.69. The van der Waals surface area contributed by atoms with Crippen molar-refractivity contribution in [2.75, 3.05) is 39.8 Å². The van der Waals surface area contributed by atoms with Gasteiger partial charge in [-0.2, -0.15) is 0 Å². The second-order valence-corrected chi connectivity index (χ2v) is 6.54. The molecule has 0 amide bonds. The zero-order chi connectivity index (χ0) is 18.7. The molecule has 2 N–H and O–H groups in total. The van der Waals surface area contributed by atoms with Crippen LogP contribution in [0.4, 0.5) is 0 Å². The Hall–Kier alpha value is -1.81. The largest absolute Gasteiger partial charge is 0.490 e. The van der Waals surface area contributed by atoms with Gasteiger partial charge in [0.05, 0.1) is 25.0 Å². The van der Waals surface area contributed by atoms with E-state index in [4.69, 9.17) is 9.15 Å². The van der Waals surface area contributed by atoms with E-state index in [0.717, 1.165) is 37.1 Å². The lowest BCUT2D eigenvalue weighted by atomic mass is 10.1. The molecule has 1 fully saturated rings. The molecule has 0 bridgehead atoms. The Morgan fingerprint density at radius 3 is 2.79 bits per heavy atom. The maximum Gasteiger partial charge on any atom is 0.191 e. The molecule has 1 saturated heterocycles. The Bertz CT molecular complexity index is 675. The summed E-state index contributed by atoms with van der Waals surface area (Å²) < 4.78 is 11.3. The fourth-order valence-corrected chi connectivity index (χ4v) is 3.31. The number of hydrogen-bond acceptors (Lipinski definition) is 5. The number of ether oxygens (including phenoxy) is 1. The van der Waals surface area contributed by atoms with Gasteiger partial charge < -0.3 is 19.8 Å². The first-order chi connectivity index (χ1) is 13.4. The van der Waals surface area contributed by atoms with Crippen molar-refractivity contribution in [2.45, 2.75) is 25.3 Å². The number of aliphatic imine (C=N–C) groups is 1. The minimum absolute atomic E-state index is 0. The molecule has 3 heterocycles. The molecule has 1 atom stereocenters. The topological polar surface area (TPSA) is 74.9 Å². The standard InChI is InChI=1S/C20H29N5O2.HI/c1-21-20(23-10-14-26-17-7-5-9-22-15-17)24-16-18(19-8-6-13-27-19)25-11-3-2-4-12-25;/h5-9,13,15,18H,2-4,10-12,14,16H2,1H3,(H2,21,23,24);1H. The van der Waals surface area contributed by atoms with Gasteiger partial charge in [-0.1, -0.05) is 6.42 Å². The SMILES string of the molecule is CN=C(NCCOc1cccnc1)NCC(c1ccco1)N1CCCCC1.I. The summed E-state index contributed by atoms with van der Waals surface area (Å²) in [5.41, 5.74) is 0. The van der Waals surface area contributed by atoms with Gasteiger partial charge in [0.25, 0.3) is 0 Å². The third-order valence-corrected chi connectivity index (χ3v) is 4.69. The van der Waals surface area contributed by atoms with E-state index in [0.29, 0.717) is 13.2 Å². The monoisotopic (exact) mass is 499 g/mol. The van der Waals surface area contributed by atoms with Crippen molar-refractivity contribution in [3.63, 3.8) is 0 Å². The Balaban J connectivity index is 0.00000280. The summed E-state index contributed by atoms with van der Waals surface area (Å²) in [7, 11) is 1.78. The van der Waals surface area contributed by atoms with Gasteiger partial charge in [-0.15, -0.1) is 24.0 Å². The van der Waals surface area contributed by atoms with E-state index in [2.05, 4.69) is 31.6 Å². The Morgan fingerprint density at radius 2 is 2.11 bits per heavy atom. The number of furan rings is 1. The van der Waals surface area contributed by atoms with Crippen molar-refractivity contribution in [3.05, 3.63) is 48.7 Å². The predicted octanol–water partition coefficient (Wildman–Crippen LogP) is 3.06. The molecule has 1 aliphatic heterocycles. The summed E-state index contributed by atoms with van der Waals surface area (Å²) in [6.07, 6.45) is 8.99. The third kappa shape index (κ3) is 6.97. The van der Waals surface area contributed by atoms with Gasteiger partial charge in [0.1, 0.15) is 18.1 Å². The van der Waals surface area contributed by atoms with Crippen molar-refractivity contribution >= 4 is 29.9 Å². The quantitative estimate of drug-likeness (QED) is 0.252. The van der Waals surface area contributed by atoms with Gasteiger partial charge in [0.2, 0.25) is 0 Å².